The van der Waals surface area contributed by atoms with E-state index in [1.54, 1.807) is 45.0 Å². The molecule has 4 rings (SSSR count). The maximum Gasteiger partial charge on any atom is 0.289 e. The van der Waals surface area contributed by atoms with Gasteiger partial charge in [0, 0.05) is 24.9 Å². The number of ketones is 1. The van der Waals surface area contributed by atoms with Crippen LogP contribution in [-0.4, -0.2) is 93.0 Å². The van der Waals surface area contributed by atoms with Crippen molar-refractivity contribution in [1.29, 1.82) is 0 Å². The molecule has 4 N–H and O–H groups in total. The zero-order valence-corrected chi connectivity index (χ0v) is 28.0. The molecule has 48 heavy (non-hydrogen) atoms. The first-order chi connectivity index (χ1) is 22.8. The largest absolute Gasteiger partial charge is 0.488 e. The van der Waals surface area contributed by atoms with E-state index in [0.717, 1.165) is 12.8 Å². The molecule has 14 heteroatoms. The average Bonchev–Trinajstić information content (AvgIpc) is 3.78. The number of nitrogens with zero attached hydrogens (tertiary/aromatic N) is 3. The molecule has 1 aromatic heterocycles. The molecular formula is C34H45N7O7. The Hall–Kier alpha value is -4.88. The number of ether oxygens (including phenoxy) is 1. The number of aromatic nitrogens is 2. The van der Waals surface area contributed by atoms with Gasteiger partial charge in [0.15, 0.2) is 0 Å². The second-order valence-electron chi connectivity index (χ2n) is 13.4. The molecule has 2 heterocycles. The van der Waals surface area contributed by atoms with Gasteiger partial charge < -0.3 is 30.9 Å². The van der Waals surface area contributed by atoms with Crippen LogP contribution >= 0.6 is 0 Å². The van der Waals surface area contributed by atoms with Crippen molar-refractivity contribution < 1.29 is 33.5 Å². The summed E-state index contributed by atoms with van der Waals surface area (Å²) in [5.41, 5.74) is -0.789. The summed E-state index contributed by atoms with van der Waals surface area (Å²) in [4.78, 5) is 88.9. The van der Waals surface area contributed by atoms with Gasteiger partial charge in [-0.05, 0) is 43.7 Å². The highest BCUT2D eigenvalue weighted by Crippen LogP contribution is 2.28. The van der Waals surface area contributed by atoms with Gasteiger partial charge in [0.1, 0.15) is 35.7 Å². The molecule has 2 aliphatic rings. The summed E-state index contributed by atoms with van der Waals surface area (Å²) in [5.74, 6) is -3.28. The van der Waals surface area contributed by atoms with Crippen molar-refractivity contribution in [2.75, 3.05) is 6.54 Å². The number of carbonyl (C=O) groups is 6. The fourth-order valence-electron chi connectivity index (χ4n) is 5.37. The lowest BCUT2D eigenvalue weighted by molar-refractivity contribution is -0.145. The Kier molecular flexibility index (Phi) is 11.8. The van der Waals surface area contributed by atoms with Crippen LogP contribution in [-0.2, 0) is 24.0 Å². The Morgan fingerprint density at radius 1 is 1.00 bits per heavy atom. The van der Waals surface area contributed by atoms with E-state index in [9.17, 15) is 28.8 Å². The lowest BCUT2D eigenvalue weighted by Gasteiger charge is -2.36. The third-order valence-electron chi connectivity index (χ3n) is 8.18. The van der Waals surface area contributed by atoms with Crippen LogP contribution in [0.4, 0.5) is 0 Å². The first-order valence-electron chi connectivity index (χ1n) is 16.3. The monoisotopic (exact) mass is 663 g/mol. The van der Waals surface area contributed by atoms with Gasteiger partial charge in [0.2, 0.25) is 23.5 Å². The molecule has 1 aliphatic heterocycles. The molecule has 1 aromatic carbocycles. The number of hydrogen-bond acceptors (Lipinski definition) is 9. The van der Waals surface area contributed by atoms with Crippen LogP contribution in [0.1, 0.15) is 77.2 Å². The summed E-state index contributed by atoms with van der Waals surface area (Å²) in [6, 6.07) is 4.70. The van der Waals surface area contributed by atoms with E-state index in [1.807, 2.05) is 13.0 Å². The first-order valence-corrected chi connectivity index (χ1v) is 16.3. The Bertz CT molecular complexity index is 1480. The third kappa shape index (κ3) is 9.58. The number of likely N-dealkylation sites (tertiary alicyclic amines) is 1. The Balaban J connectivity index is 1.53. The van der Waals surface area contributed by atoms with Crippen molar-refractivity contribution in [3.63, 3.8) is 0 Å². The number of para-hydroxylation sites is 1. The molecule has 2 fully saturated rings. The van der Waals surface area contributed by atoms with Gasteiger partial charge >= 0.3 is 0 Å². The number of nitrogens with one attached hydrogen (secondary N) is 4. The second kappa shape index (κ2) is 15.8. The predicted octanol–water partition coefficient (Wildman–Crippen LogP) is 1.31. The number of amides is 5. The van der Waals surface area contributed by atoms with Gasteiger partial charge in [-0.15, -0.1) is 0 Å². The molecule has 0 spiro atoms. The standard InChI is InChI=1S/C34H45N7O7/c1-6-10-24(27(42)32(46)38-21-13-14-21)39-31(45)26-17-23(48-22-11-8-7-9-12-22)19-41(26)33(47)28(34(3,4)5)40-29(43)20(2)37-30(44)25-18-35-15-16-36-25/h7-9,11-12,15-16,18,20-21,23-24,26,28H,6,10,13-14,17,19H2,1-5H3,(H,37,44)(H,38,46)(H,39,45)(H,40,43)/t20-,23+,24-,26-,28+/m0/s1. The van der Waals surface area contributed by atoms with E-state index < -0.39 is 71.0 Å². The summed E-state index contributed by atoms with van der Waals surface area (Å²) in [7, 11) is 0. The van der Waals surface area contributed by atoms with E-state index in [4.69, 9.17) is 4.74 Å². The van der Waals surface area contributed by atoms with Gasteiger partial charge in [-0.2, -0.15) is 0 Å². The van der Waals surface area contributed by atoms with Crippen molar-refractivity contribution in [2.24, 2.45) is 5.41 Å². The highest BCUT2D eigenvalue weighted by Gasteiger charge is 2.46. The van der Waals surface area contributed by atoms with Gasteiger partial charge in [-0.25, -0.2) is 4.98 Å². The lowest BCUT2D eigenvalue weighted by atomic mass is 9.85. The zero-order chi connectivity index (χ0) is 35.0. The van der Waals surface area contributed by atoms with Crippen molar-refractivity contribution in [2.45, 2.75) is 103 Å². The number of Topliss-reactive ketones (excluding diaryl/α,β-unsaturated/α-hetero) is 1. The molecule has 5 atom stereocenters. The predicted molar refractivity (Wildman–Crippen MR) is 174 cm³/mol. The number of rotatable bonds is 14. The smallest absolute Gasteiger partial charge is 0.289 e. The summed E-state index contributed by atoms with van der Waals surface area (Å²) >= 11 is 0. The molecule has 5 amide bonds. The number of carbonyl (C=O) groups excluding carboxylic acids is 6. The van der Waals surface area contributed by atoms with Crippen molar-refractivity contribution in [3.05, 3.63) is 54.6 Å². The van der Waals surface area contributed by atoms with Gasteiger partial charge in [-0.1, -0.05) is 52.3 Å². The summed E-state index contributed by atoms with van der Waals surface area (Å²) in [6.07, 6.45) is 5.97. The van der Waals surface area contributed by atoms with Crippen LogP contribution in [0.5, 0.6) is 5.75 Å². The highest BCUT2D eigenvalue weighted by atomic mass is 16.5. The highest BCUT2D eigenvalue weighted by molar-refractivity contribution is 6.38. The fraction of sp³-hybridized carbons (Fsp3) is 0.529. The van der Waals surface area contributed by atoms with Crippen LogP contribution in [0, 0.1) is 5.41 Å². The maximum atomic E-state index is 14.3. The number of benzene rings is 1. The molecule has 0 radical (unpaired) electrons. The molecule has 0 bridgehead atoms. The minimum Gasteiger partial charge on any atom is -0.488 e. The third-order valence-corrected chi connectivity index (χ3v) is 8.18. The first kappa shape index (κ1) is 36.0. The van der Waals surface area contributed by atoms with Crippen LogP contribution in [0.2, 0.25) is 0 Å². The van der Waals surface area contributed by atoms with Crippen LogP contribution < -0.4 is 26.0 Å². The van der Waals surface area contributed by atoms with Gasteiger partial charge in [0.25, 0.3) is 11.8 Å². The molecule has 2 aromatic rings. The molecule has 0 unspecified atom stereocenters. The van der Waals surface area contributed by atoms with Crippen LogP contribution in [0.25, 0.3) is 0 Å². The minimum atomic E-state index is -1.11. The second-order valence-corrected chi connectivity index (χ2v) is 13.4. The van der Waals surface area contributed by atoms with E-state index >= 15 is 0 Å². The molecule has 1 saturated carbocycles. The quantitative estimate of drug-likeness (QED) is 0.216. The fourth-order valence-corrected chi connectivity index (χ4v) is 5.37. The Morgan fingerprint density at radius 2 is 1.71 bits per heavy atom. The zero-order valence-electron chi connectivity index (χ0n) is 28.0. The van der Waals surface area contributed by atoms with Crippen LogP contribution in [0.3, 0.4) is 0 Å². The topological polar surface area (TPSA) is 189 Å². The van der Waals surface area contributed by atoms with Crippen molar-refractivity contribution in [3.8, 4) is 5.75 Å². The average molecular weight is 664 g/mol. The lowest BCUT2D eigenvalue weighted by Crippen LogP contribution is -2.60. The van der Waals surface area contributed by atoms with Crippen LogP contribution in [0.15, 0.2) is 48.9 Å². The molecule has 14 nitrogen and oxygen atoms in total. The molecular weight excluding hydrogens is 618 g/mol. The molecule has 1 aliphatic carbocycles. The van der Waals surface area contributed by atoms with Gasteiger partial charge in [-0.3, -0.25) is 33.8 Å². The summed E-state index contributed by atoms with van der Waals surface area (Å²) in [6.45, 7) is 8.67. The van der Waals surface area contributed by atoms with Gasteiger partial charge in [0.05, 0.1) is 18.8 Å². The normalized spacial score (nSPS) is 19.3. The van der Waals surface area contributed by atoms with E-state index in [2.05, 4.69) is 31.2 Å². The van der Waals surface area contributed by atoms with Crippen molar-refractivity contribution >= 4 is 35.3 Å². The van der Waals surface area contributed by atoms with E-state index in [0.29, 0.717) is 12.2 Å². The Morgan fingerprint density at radius 3 is 2.31 bits per heavy atom. The van der Waals surface area contributed by atoms with E-state index in [-0.39, 0.29) is 31.1 Å². The maximum absolute atomic E-state index is 14.3. The molecule has 1 saturated heterocycles. The summed E-state index contributed by atoms with van der Waals surface area (Å²) < 4.78 is 6.14. The Labute approximate surface area is 280 Å². The SMILES string of the molecule is CCC[C@H](NC(=O)[C@@H]1C[C@@H](Oc2ccccc2)CN1C(=O)[C@@H](NC(=O)[C@H](C)NC(=O)c1cnccn1)C(C)(C)C)C(=O)C(=O)NC1CC1. The molecule has 258 valence electrons. The number of hydrogen-bond donors (Lipinski definition) is 4. The van der Waals surface area contributed by atoms with E-state index in [1.165, 1.54) is 30.4 Å². The minimum absolute atomic E-state index is 0.0224. The summed E-state index contributed by atoms with van der Waals surface area (Å²) in [5, 5.41) is 10.7. The van der Waals surface area contributed by atoms with Crippen molar-refractivity contribution in [1.82, 2.24) is 36.1 Å².